The molecule has 2 aromatic rings. The molecule has 1 nitrogen and oxygen atoms in total. The van der Waals surface area contributed by atoms with Gasteiger partial charge in [-0.15, -0.1) is 0 Å². The zero-order valence-electron chi connectivity index (χ0n) is 10.0. The van der Waals surface area contributed by atoms with Gasteiger partial charge in [0.05, 0.1) is 0 Å². The van der Waals surface area contributed by atoms with Gasteiger partial charge in [0.1, 0.15) is 6.29 Å². The van der Waals surface area contributed by atoms with Crippen molar-refractivity contribution in [2.24, 2.45) is 0 Å². The first-order chi connectivity index (χ1) is 8.29. The second-order valence-electron chi connectivity index (χ2n) is 4.27. The summed E-state index contributed by atoms with van der Waals surface area (Å²) >= 11 is 0. The Morgan fingerprint density at radius 3 is 2.41 bits per heavy atom. The average molecular weight is 224 g/mol. The molecule has 0 radical (unpaired) electrons. The molecule has 0 aliphatic rings. The van der Waals surface area contributed by atoms with Gasteiger partial charge in [0.15, 0.2) is 0 Å². The lowest BCUT2D eigenvalue weighted by Gasteiger charge is -2.04. The molecule has 2 rings (SSSR count). The first-order valence-corrected chi connectivity index (χ1v) is 5.89. The maximum absolute atomic E-state index is 10.3. The first kappa shape index (κ1) is 11.6. The van der Waals surface area contributed by atoms with Crippen LogP contribution < -0.4 is 0 Å². The van der Waals surface area contributed by atoms with Gasteiger partial charge in [-0.25, -0.2) is 0 Å². The predicted octanol–water partition coefficient (Wildman–Crippen LogP) is 3.79. The number of benzene rings is 2. The minimum absolute atomic E-state index is 0.601. The molecule has 0 spiro atoms. The molecule has 86 valence electrons. The van der Waals surface area contributed by atoms with Gasteiger partial charge in [-0.05, 0) is 30.0 Å². The van der Waals surface area contributed by atoms with Crippen LogP contribution in [0.4, 0.5) is 0 Å². The molecule has 0 unspecified atom stereocenters. The van der Waals surface area contributed by atoms with Crippen molar-refractivity contribution in [3.05, 3.63) is 59.7 Å². The summed E-state index contributed by atoms with van der Waals surface area (Å²) in [5.74, 6) is 0. The van der Waals surface area contributed by atoms with Crippen LogP contribution in [0.5, 0.6) is 0 Å². The number of aryl methyl sites for hydroxylation is 2. The van der Waals surface area contributed by atoms with E-state index in [1.807, 2.05) is 0 Å². The van der Waals surface area contributed by atoms with Crippen LogP contribution in [0.1, 0.15) is 17.5 Å². The van der Waals surface area contributed by atoms with Gasteiger partial charge in [0.2, 0.25) is 0 Å². The Kier molecular flexibility index (Phi) is 3.71. The third-order valence-corrected chi connectivity index (χ3v) is 2.86. The normalized spacial score (nSPS) is 10.2. The second kappa shape index (κ2) is 5.44. The lowest BCUT2D eigenvalue weighted by atomic mass is 10.0. The fraction of sp³-hybridized carbons (Fsp3) is 0.188. The number of hydrogen-bond donors (Lipinski definition) is 0. The highest BCUT2D eigenvalue weighted by atomic mass is 16.1. The van der Waals surface area contributed by atoms with Gasteiger partial charge in [0.25, 0.3) is 0 Å². The standard InChI is InChI=1S/C16H16O/c1-13-4-2-6-16(12-13)15-9-7-14(8-10-15)5-3-11-17/h2,4,6-12H,3,5H2,1H3. The van der Waals surface area contributed by atoms with Crippen LogP contribution in [0.15, 0.2) is 48.5 Å². The minimum Gasteiger partial charge on any atom is -0.303 e. The van der Waals surface area contributed by atoms with Crippen molar-refractivity contribution in [1.29, 1.82) is 0 Å². The molecule has 0 aliphatic carbocycles. The van der Waals surface area contributed by atoms with E-state index in [0.717, 1.165) is 12.7 Å². The van der Waals surface area contributed by atoms with Crippen LogP contribution in [-0.4, -0.2) is 6.29 Å². The predicted molar refractivity (Wildman–Crippen MR) is 71.0 cm³/mol. The summed E-state index contributed by atoms with van der Waals surface area (Å²) in [6.07, 6.45) is 2.40. The summed E-state index contributed by atoms with van der Waals surface area (Å²) in [6.45, 7) is 2.10. The van der Waals surface area contributed by atoms with Crippen LogP contribution in [0, 0.1) is 6.92 Å². The molecular weight excluding hydrogens is 208 g/mol. The lowest BCUT2D eigenvalue weighted by molar-refractivity contribution is -0.107. The molecule has 2 aromatic carbocycles. The van der Waals surface area contributed by atoms with E-state index in [0.29, 0.717) is 6.42 Å². The van der Waals surface area contributed by atoms with Crippen molar-refractivity contribution < 1.29 is 4.79 Å². The van der Waals surface area contributed by atoms with Crippen molar-refractivity contribution >= 4 is 6.29 Å². The maximum atomic E-state index is 10.3. The zero-order chi connectivity index (χ0) is 12.1. The third-order valence-electron chi connectivity index (χ3n) is 2.86. The van der Waals surface area contributed by atoms with Crippen LogP contribution >= 0.6 is 0 Å². The summed E-state index contributed by atoms with van der Waals surface area (Å²) in [5, 5.41) is 0. The maximum Gasteiger partial charge on any atom is 0.120 e. The monoisotopic (exact) mass is 224 g/mol. The Labute approximate surface area is 102 Å². The van der Waals surface area contributed by atoms with E-state index in [9.17, 15) is 4.79 Å². The third kappa shape index (κ3) is 3.04. The highest BCUT2D eigenvalue weighted by molar-refractivity contribution is 5.64. The smallest absolute Gasteiger partial charge is 0.120 e. The van der Waals surface area contributed by atoms with Gasteiger partial charge >= 0.3 is 0 Å². The Morgan fingerprint density at radius 1 is 1.00 bits per heavy atom. The van der Waals surface area contributed by atoms with E-state index in [2.05, 4.69) is 55.5 Å². The number of rotatable bonds is 4. The van der Waals surface area contributed by atoms with Gasteiger partial charge < -0.3 is 4.79 Å². The molecule has 17 heavy (non-hydrogen) atoms. The number of carbonyl (C=O) groups is 1. The first-order valence-electron chi connectivity index (χ1n) is 5.89. The molecule has 0 fully saturated rings. The van der Waals surface area contributed by atoms with Crippen molar-refractivity contribution in [2.75, 3.05) is 0 Å². The highest BCUT2D eigenvalue weighted by Crippen LogP contribution is 2.21. The Balaban J connectivity index is 2.20. The molecule has 0 aliphatic heterocycles. The van der Waals surface area contributed by atoms with Crippen LogP contribution in [-0.2, 0) is 11.2 Å². The largest absolute Gasteiger partial charge is 0.303 e. The molecule has 0 atom stereocenters. The van der Waals surface area contributed by atoms with Crippen LogP contribution in [0.25, 0.3) is 11.1 Å². The Bertz CT molecular complexity index is 497. The average Bonchev–Trinajstić information content (AvgIpc) is 2.37. The Hall–Kier alpha value is -1.89. The van der Waals surface area contributed by atoms with E-state index < -0.39 is 0 Å². The van der Waals surface area contributed by atoms with E-state index >= 15 is 0 Å². The van der Waals surface area contributed by atoms with Crippen molar-refractivity contribution in [3.8, 4) is 11.1 Å². The highest BCUT2D eigenvalue weighted by Gasteiger charge is 1.98. The molecule has 0 N–H and O–H groups in total. The summed E-state index contributed by atoms with van der Waals surface area (Å²) < 4.78 is 0. The minimum atomic E-state index is 0.601. The van der Waals surface area contributed by atoms with E-state index in [1.54, 1.807) is 0 Å². The van der Waals surface area contributed by atoms with E-state index in [-0.39, 0.29) is 0 Å². The molecule has 0 saturated carbocycles. The SMILES string of the molecule is Cc1cccc(-c2ccc(CCC=O)cc2)c1. The molecule has 0 bridgehead atoms. The van der Waals surface area contributed by atoms with Crippen molar-refractivity contribution in [2.45, 2.75) is 19.8 Å². The molecular formula is C16H16O. The fourth-order valence-corrected chi connectivity index (χ4v) is 1.91. The second-order valence-corrected chi connectivity index (χ2v) is 4.27. The summed E-state index contributed by atoms with van der Waals surface area (Å²) in [5.41, 5.74) is 4.96. The molecule has 1 heteroatoms. The van der Waals surface area contributed by atoms with Gasteiger partial charge in [-0.3, -0.25) is 0 Å². The quantitative estimate of drug-likeness (QED) is 0.722. The topological polar surface area (TPSA) is 17.1 Å². The number of aldehydes is 1. The number of carbonyl (C=O) groups excluding carboxylic acids is 1. The summed E-state index contributed by atoms with van der Waals surface area (Å²) in [4.78, 5) is 10.3. The molecule has 0 amide bonds. The van der Waals surface area contributed by atoms with E-state index in [4.69, 9.17) is 0 Å². The van der Waals surface area contributed by atoms with Crippen molar-refractivity contribution in [1.82, 2.24) is 0 Å². The number of hydrogen-bond acceptors (Lipinski definition) is 1. The van der Waals surface area contributed by atoms with Gasteiger partial charge in [0, 0.05) is 6.42 Å². The van der Waals surface area contributed by atoms with Crippen LogP contribution in [0.3, 0.4) is 0 Å². The molecule has 0 heterocycles. The summed E-state index contributed by atoms with van der Waals surface area (Å²) in [6, 6.07) is 16.9. The Morgan fingerprint density at radius 2 is 1.76 bits per heavy atom. The van der Waals surface area contributed by atoms with Crippen LogP contribution in [0.2, 0.25) is 0 Å². The van der Waals surface area contributed by atoms with Gasteiger partial charge in [-0.2, -0.15) is 0 Å². The molecule has 0 aromatic heterocycles. The fourth-order valence-electron chi connectivity index (χ4n) is 1.91. The molecule has 0 saturated heterocycles. The van der Waals surface area contributed by atoms with Gasteiger partial charge in [-0.1, -0.05) is 54.1 Å². The zero-order valence-corrected chi connectivity index (χ0v) is 10.0. The summed E-state index contributed by atoms with van der Waals surface area (Å²) in [7, 11) is 0. The van der Waals surface area contributed by atoms with E-state index in [1.165, 1.54) is 22.3 Å². The lowest BCUT2D eigenvalue weighted by Crippen LogP contribution is -1.86. The van der Waals surface area contributed by atoms with Crippen molar-refractivity contribution in [3.63, 3.8) is 0 Å².